The second-order valence-corrected chi connectivity index (χ2v) is 8.90. The minimum Gasteiger partial charge on any atom is -0.346 e. The van der Waals surface area contributed by atoms with Crippen molar-refractivity contribution in [1.82, 2.24) is 15.1 Å². The first-order valence-corrected chi connectivity index (χ1v) is 9.91. The summed E-state index contributed by atoms with van der Waals surface area (Å²) in [6.45, 7) is 13.8. The van der Waals surface area contributed by atoms with E-state index in [-0.39, 0.29) is 42.1 Å². The number of amides is 2. The van der Waals surface area contributed by atoms with Gasteiger partial charge in [-0.25, -0.2) is 4.68 Å². The third kappa shape index (κ3) is 6.31. The summed E-state index contributed by atoms with van der Waals surface area (Å²) >= 11 is 0. The van der Waals surface area contributed by atoms with Gasteiger partial charge in [0.1, 0.15) is 5.82 Å². The summed E-state index contributed by atoms with van der Waals surface area (Å²) in [4.78, 5) is 24.5. The molecule has 0 aliphatic carbocycles. The number of carbonyl (C=O) groups excluding carboxylic acids is 2. The lowest BCUT2D eigenvalue weighted by Gasteiger charge is -2.15. The van der Waals surface area contributed by atoms with Gasteiger partial charge in [-0.3, -0.25) is 9.59 Å². The highest BCUT2D eigenvalue weighted by Crippen LogP contribution is 2.27. The van der Waals surface area contributed by atoms with Crippen LogP contribution in [0.15, 0.2) is 24.3 Å². The number of aromatic nitrogens is 2. The fourth-order valence-corrected chi connectivity index (χ4v) is 2.84. The molecule has 0 spiro atoms. The van der Waals surface area contributed by atoms with Crippen LogP contribution in [0.4, 0.5) is 5.82 Å². The van der Waals surface area contributed by atoms with Gasteiger partial charge in [-0.2, -0.15) is 5.10 Å². The van der Waals surface area contributed by atoms with Crippen LogP contribution >= 0.6 is 12.4 Å². The van der Waals surface area contributed by atoms with Crippen molar-refractivity contribution in [3.63, 3.8) is 0 Å². The van der Waals surface area contributed by atoms with Crippen LogP contribution in [0.1, 0.15) is 51.4 Å². The molecule has 2 aromatic rings. The van der Waals surface area contributed by atoms with Crippen molar-refractivity contribution < 1.29 is 9.59 Å². The summed E-state index contributed by atoms with van der Waals surface area (Å²) in [7, 11) is 0. The molecule has 4 N–H and O–H groups in total. The van der Waals surface area contributed by atoms with Crippen LogP contribution in [-0.4, -0.2) is 34.2 Å². The molecular weight excluding hydrogens is 402 g/mol. The van der Waals surface area contributed by atoms with E-state index >= 15 is 0 Å². The van der Waals surface area contributed by atoms with Gasteiger partial charge in [0.2, 0.25) is 11.8 Å². The highest BCUT2D eigenvalue weighted by Gasteiger charge is 2.23. The van der Waals surface area contributed by atoms with Crippen LogP contribution < -0.4 is 16.4 Å². The predicted molar refractivity (Wildman–Crippen MR) is 123 cm³/mol. The molecule has 1 aromatic heterocycles. The molecule has 1 atom stereocenters. The van der Waals surface area contributed by atoms with Gasteiger partial charge in [0.05, 0.1) is 24.0 Å². The zero-order chi connectivity index (χ0) is 21.9. The molecule has 0 unspecified atom stereocenters. The van der Waals surface area contributed by atoms with Crippen molar-refractivity contribution in [3.05, 3.63) is 41.1 Å². The van der Waals surface area contributed by atoms with Crippen molar-refractivity contribution in [2.75, 3.05) is 11.9 Å². The number of aryl methyl sites for hydroxylation is 2. The molecular formula is C22H34ClN5O2. The summed E-state index contributed by atoms with van der Waals surface area (Å²) in [6.07, 6.45) is 0. The molecule has 0 fully saturated rings. The van der Waals surface area contributed by atoms with E-state index in [0.717, 1.165) is 22.5 Å². The number of hydrogen-bond acceptors (Lipinski definition) is 4. The fraction of sp³-hybridized carbons (Fsp3) is 0.500. The molecule has 0 aliphatic heterocycles. The van der Waals surface area contributed by atoms with E-state index < -0.39 is 6.04 Å². The van der Waals surface area contributed by atoms with Gasteiger partial charge < -0.3 is 16.4 Å². The minimum absolute atomic E-state index is 0. The third-order valence-electron chi connectivity index (χ3n) is 4.77. The maximum Gasteiger partial charge on any atom is 0.244 e. The van der Waals surface area contributed by atoms with Gasteiger partial charge in [0.25, 0.3) is 0 Å². The van der Waals surface area contributed by atoms with Gasteiger partial charge in [-0.1, -0.05) is 52.3 Å². The van der Waals surface area contributed by atoms with Crippen molar-refractivity contribution in [3.8, 4) is 5.69 Å². The standard InChI is InChI=1S/C22H33N5O2.ClH/c1-13(2)20(23)21(29)24-12-19(28)25-18-11-17(22(5,6)7)26-27(18)16-9-8-14(3)10-15(16)4;/h8-11,13,20H,12,23H2,1-7H3,(H,24,29)(H,25,28);1H/t20-;/m0./s1. The van der Waals surface area contributed by atoms with E-state index in [1.165, 1.54) is 0 Å². The SMILES string of the molecule is Cc1ccc(-n2nc(C(C)(C)C)cc2NC(=O)CNC(=O)[C@@H](N)C(C)C)c(C)c1.Cl. The molecule has 7 nitrogen and oxygen atoms in total. The lowest BCUT2D eigenvalue weighted by molar-refractivity contribution is -0.125. The first-order chi connectivity index (χ1) is 13.4. The number of nitrogens with one attached hydrogen (secondary N) is 2. The Labute approximate surface area is 185 Å². The smallest absolute Gasteiger partial charge is 0.244 e. The molecule has 1 heterocycles. The van der Waals surface area contributed by atoms with E-state index in [2.05, 4.69) is 37.5 Å². The topological polar surface area (TPSA) is 102 Å². The molecule has 0 saturated carbocycles. The Hall–Kier alpha value is -2.38. The Balaban J connectivity index is 0.00000450. The summed E-state index contributed by atoms with van der Waals surface area (Å²) in [6, 6.07) is 7.31. The van der Waals surface area contributed by atoms with Crippen LogP contribution in [0.5, 0.6) is 0 Å². The zero-order valence-corrected chi connectivity index (χ0v) is 19.7. The molecule has 0 aliphatic rings. The summed E-state index contributed by atoms with van der Waals surface area (Å²) in [5.41, 5.74) is 9.61. The number of nitrogens with zero attached hydrogens (tertiary/aromatic N) is 2. The van der Waals surface area contributed by atoms with Crippen LogP contribution in [0.25, 0.3) is 5.69 Å². The molecule has 0 bridgehead atoms. The first kappa shape index (κ1) is 25.7. The van der Waals surface area contributed by atoms with Crippen LogP contribution in [0.3, 0.4) is 0 Å². The Bertz CT molecular complexity index is 899. The number of hydrogen-bond donors (Lipinski definition) is 3. The number of anilines is 1. The highest BCUT2D eigenvalue weighted by molar-refractivity contribution is 5.95. The Morgan fingerprint density at radius 3 is 2.33 bits per heavy atom. The molecule has 0 saturated heterocycles. The maximum absolute atomic E-state index is 12.5. The van der Waals surface area contributed by atoms with E-state index in [4.69, 9.17) is 10.8 Å². The largest absolute Gasteiger partial charge is 0.346 e. The Kier molecular flexibility index (Phi) is 8.63. The predicted octanol–water partition coefficient (Wildman–Crippen LogP) is 3.25. The van der Waals surface area contributed by atoms with Crippen LogP contribution in [0.2, 0.25) is 0 Å². The average molecular weight is 436 g/mol. The molecule has 2 amide bonds. The van der Waals surface area contributed by atoms with E-state index in [9.17, 15) is 9.59 Å². The summed E-state index contributed by atoms with van der Waals surface area (Å²) in [5, 5.41) is 10.2. The highest BCUT2D eigenvalue weighted by atomic mass is 35.5. The van der Waals surface area contributed by atoms with Gasteiger partial charge in [-0.05, 0) is 31.4 Å². The second kappa shape index (κ2) is 10.1. The average Bonchev–Trinajstić information content (AvgIpc) is 3.02. The quantitative estimate of drug-likeness (QED) is 0.648. The van der Waals surface area contributed by atoms with E-state index in [0.29, 0.717) is 5.82 Å². The zero-order valence-electron chi connectivity index (χ0n) is 18.9. The Morgan fingerprint density at radius 2 is 1.80 bits per heavy atom. The van der Waals surface area contributed by atoms with Crippen LogP contribution in [-0.2, 0) is 15.0 Å². The number of benzene rings is 1. The normalized spacial score (nSPS) is 12.3. The van der Waals surface area contributed by atoms with Gasteiger partial charge in [-0.15, -0.1) is 12.4 Å². The van der Waals surface area contributed by atoms with E-state index in [1.54, 1.807) is 4.68 Å². The minimum atomic E-state index is -0.643. The number of carbonyl (C=O) groups is 2. The second-order valence-electron chi connectivity index (χ2n) is 8.90. The summed E-state index contributed by atoms with van der Waals surface area (Å²) in [5.74, 6) is -0.110. The molecule has 8 heteroatoms. The van der Waals surface area contributed by atoms with Crippen molar-refractivity contribution in [2.45, 2.75) is 59.9 Å². The number of halogens is 1. The Morgan fingerprint density at radius 1 is 1.17 bits per heavy atom. The van der Waals surface area contributed by atoms with Gasteiger partial charge >= 0.3 is 0 Å². The monoisotopic (exact) mass is 435 g/mol. The third-order valence-corrected chi connectivity index (χ3v) is 4.77. The first-order valence-electron chi connectivity index (χ1n) is 9.91. The van der Waals surface area contributed by atoms with Gasteiger partial charge in [0.15, 0.2) is 0 Å². The van der Waals surface area contributed by atoms with Crippen molar-refractivity contribution in [2.24, 2.45) is 11.7 Å². The lowest BCUT2D eigenvalue weighted by Crippen LogP contribution is -2.46. The molecule has 30 heavy (non-hydrogen) atoms. The number of nitrogens with two attached hydrogens (primary N) is 1. The molecule has 0 radical (unpaired) electrons. The molecule has 2 rings (SSSR count). The lowest BCUT2D eigenvalue weighted by atomic mass is 9.92. The van der Waals surface area contributed by atoms with Gasteiger partial charge in [0, 0.05) is 11.5 Å². The molecule has 166 valence electrons. The molecule has 1 aromatic carbocycles. The van der Waals surface area contributed by atoms with Crippen LogP contribution in [0, 0.1) is 19.8 Å². The van der Waals surface area contributed by atoms with E-state index in [1.807, 2.05) is 45.9 Å². The van der Waals surface area contributed by atoms with Crippen molar-refractivity contribution >= 4 is 30.0 Å². The summed E-state index contributed by atoms with van der Waals surface area (Å²) < 4.78 is 1.74. The maximum atomic E-state index is 12.5. The van der Waals surface area contributed by atoms with Crippen molar-refractivity contribution in [1.29, 1.82) is 0 Å². The fourth-order valence-electron chi connectivity index (χ4n) is 2.84. The number of rotatable bonds is 6.